The maximum absolute atomic E-state index is 11.7. The lowest BCUT2D eigenvalue weighted by molar-refractivity contribution is 0.252. The normalized spacial score (nSPS) is 10.4. The molecular formula is C13H17N5O2S. The average molecular weight is 307 g/mol. The molecule has 2 aromatic heterocycles. The van der Waals surface area contributed by atoms with Gasteiger partial charge in [-0.1, -0.05) is 0 Å². The van der Waals surface area contributed by atoms with Crippen LogP contribution in [0, 0.1) is 6.92 Å². The summed E-state index contributed by atoms with van der Waals surface area (Å²) in [6, 6.07) is -0.430. The molecule has 0 spiro atoms. The van der Waals surface area contributed by atoms with Gasteiger partial charge in [0.25, 0.3) is 5.56 Å². The Morgan fingerprint density at radius 2 is 2.29 bits per heavy atom. The van der Waals surface area contributed by atoms with Crippen LogP contribution in [0.2, 0.25) is 0 Å². The predicted molar refractivity (Wildman–Crippen MR) is 81.7 cm³/mol. The number of carbonyl (C=O) groups excluding carboxylic acids is 1. The van der Waals surface area contributed by atoms with E-state index in [9.17, 15) is 9.59 Å². The summed E-state index contributed by atoms with van der Waals surface area (Å²) < 4.78 is 1.35. The zero-order valence-electron chi connectivity index (χ0n) is 11.9. The summed E-state index contributed by atoms with van der Waals surface area (Å²) in [4.78, 5) is 31.5. The predicted octanol–water partition coefficient (Wildman–Crippen LogP) is 1.30. The maximum Gasteiger partial charge on any atom is 0.320 e. The van der Waals surface area contributed by atoms with Gasteiger partial charge >= 0.3 is 6.03 Å². The SMILES string of the molecule is Cc1csc(CCCNC(=O)Nc2nccn(C)c2=O)n1. The van der Waals surface area contributed by atoms with Gasteiger partial charge in [0.05, 0.1) is 5.01 Å². The third-order valence-electron chi connectivity index (χ3n) is 2.77. The minimum atomic E-state index is -0.430. The second kappa shape index (κ2) is 6.98. The quantitative estimate of drug-likeness (QED) is 0.815. The van der Waals surface area contributed by atoms with Crippen LogP contribution >= 0.6 is 11.3 Å². The molecule has 0 atom stereocenters. The Hall–Kier alpha value is -2.22. The number of nitrogens with one attached hydrogen (secondary N) is 2. The van der Waals surface area contributed by atoms with Crippen molar-refractivity contribution in [1.29, 1.82) is 0 Å². The molecular weight excluding hydrogens is 290 g/mol. The lowest BCUT2D eigenvalue weighted by Gasteiger charge is -2.06. The van der Waals surface area contributed by atoms with Crippen LogP contribution in [0.15, 0.2) is 22.6 Å². The highest BCUT2D eigenvalue weighted by atomic mass is 32.1. The summed E-state index contributed by atoms with van der Waals surface area (Å²) in [6.07, 6.45) is 4.61. The van der Waals surface area contributed by atoms with Crippen LogP contribution in [0.5, 0.6) is 0 Å². The molecule has 0 radical (unpaired) electrons. The highest BCUT2D eigenvalue weighted by Crippen LogP contribution is 2.10. The first kappa shape index (κ1) is 15.2. The Kier molecular flexibility index (Phi) is 5.04. The summed E-state index contributed by atoms with van der Waals surface area (Å²) in [5.74, 6) is 0.0213. The fraction of sp³-hybridized carbons (Fsp3) is 0.385. The Labute approximate surface area is 126 Å². The second-order valence-corrected chi connectivity index (χ2v) is 5.50. The molecule has 0 bridgehead atoms. The molecule has 0 saturated heterocycles. The van der Waals surface area contributed by atoms with Crippen LogP contribution in [-0.4, -0.2) is 27.1 Å². The van der Waals surface area contributed by atoms with Gasteiger partial charge in [0, 0.05) is 43.5 Å². The lowest BCUT2D eigenvalue weighted by atomic mass is 10.3. The summed E-state index contributed by atoms with van der Waals surface area (Å²) in [7, 11) is 1.60. The summed E-state index contributed by atoms with van der Waals surface area (Å²) in [6.45, 7) is 2.47. The fourth-order valence-electron chi connectivity index (χ4n) is 1.69. The number of nitrogens with zero attached hydrogens (tertiary/aromatic N) is 3. The van der Waals surface area contributed by atoms with E-state index in [-0.39, 0.29) is 11.4 Å². The third-order valence-corrected chi connectivity index (χ3v) is 3.79. The first-order chi connectivity index (χ1) is 10.1. The maximum atomic E-state index is 11.7. The van der Waals surface area contributed by atoms with E-state index in [0.717, 1.165) is 23.5 Å². The Bertz CT molecular complexity index is 679. The van der Waals surface area contributed by atoms with Crippen molar-refractivity contribution >= 4 is 23.2 Å². The molecule has 0 saturated carbocycles. The highest BCUT2D eigenvalue weighted by Gasteiger charge is 2.07. The van der Waals surface area contributed by atoms with Crippen molar-refractivity contribution in [3.63, 3.8) is 0 Å². The lowest BCUT2D eigenvalue weighted by Crippen LogP contribution is -2.33. The van der Waals surface area contributed by atoms with E-state index in [0.29, 0.717) is 6.54 Å². The number of aromatic nitrogens is 3. The van der Waals surface area contributed by atoms with E-state index >= 15 is 0 Å². The molecule has 7 nitrogen and oxygen atoms in total. The molecule has 0 aliphatic heterocycles. The van der Waals surface area contributed by atoms with Crippen molar-refractivity contribution in [2.24, 2.45) is 7.05 Å². The van der Waals surface area contributed by atoms with Gasteiger partial charge in [-0.15, -0.1) is 11.3 Å². The minimum Gasteiger partial charge on any atom is -0.338 e. The Morgan fingerprint density at radius 3 is 3.00 bits per heavy atom. The van der Waals surface area contributed by atoms with Gasteiger partial charge in [-0.05, 0) is 13.3 Å². The van der Waals surface area contributed by atoms with E-state index < -0.39 is 6.03 Å². The van der Waals surface area contributed by atoms with Crippen LogP contribution in [0.1, 0.15) is 17.1 Å². The van der Waals surface area contributed by atoms with Crippen LogP contribution in [0.3, 0.4) is 0 Å². The van der Waals surface area contributed by atoms with E-state index in [2.05, 4.69) is 20.6 Å². The summed E-state index contributed by atoms with van der Waals surface area (Å²) >= 11 is 1.62. The van der Waals surface area contributed by atoms with Gasteiger partial charge in [-0.3, -0.25) is 10.1 Å². The van der Waals surface area contributed by atoms with Gasteiger partial charge in [0.15, 0.2) is 0 Å². The summed E-state index contributed by atoms with van der Waals surface area (Å²) in [5.41, 5.74) is 0.678. The van der Waals surface area contributed by atoms with Gasteiger partial charge in [0.2, 0.25) is 5.82 Å². The van der Waals surface area contributed by atoms with E-state index in [4.69, 9.17) is 0 Å². The highest BCUT2D eigenvalue weighted by molar-refractivity contribution is 7.09. The molecule has 2 heterocycles. The number of hydrogen-bond donors (Lipinski definition) is 2. The number of aryl methyl sites for hydroxylation is 3. The number of thiazole rings is 1. The second-order valence-electron chi connectivity index (χ2n) is 4.56. The number of carbonyl (C=O) groups is 1. The van der Waals surface area contributed by atoms with Crippen molar-refractivity contribution in [1.82, 2.24) is 19.9 Å². The molecule has 0 fully saturated rings. The topological polar surface area (TPSA) is 88.9 Å². The largest absolute Gasteiger partial charge is 0.338 e. The molecule has 2 aromatic rings. The number of hydrogen-bond acceptors (Lipinski definition) is 5. The minimum absolute atomic E-state index is 0.0213. The zero-order valence-corrected chi connectivity index (χ0v) is 12.7. The van der Waals surface area contributed by atoms with Crippen molar-refractivity contribution in [3.05, 3.63) is 38.8 Å². The third kappa shape index (κ3) is 4.38. The molecule has 21 heavy (non-hydrogen) atoms. The monoisotopic (exact) mass is 307 g/mol. The molecule has 0 aliphatic carbocycles. The van der Waals surface area contributed by atoms with Crippen molar-refractivity contribution in [2.75, 3.05) is 11.9 Å². The zero-order chi connectivity index (χ0) is 15.2. The Morgan fingerprint density at radius 1 is 1.48 bits per heavy atom. The molecule has 112 valence electrons. The van der Waals surface area contributed by atoms with Crippen LogP contribution in [0.25, 0.3) is 0 Å². The smallest absolute Gasteiger partial charge is 0.320 e. The first-order valence-corrected chi connectivity index (χ1v) is 7.41. The molecule has 2 N–H and O–H groups in total. The average Bonchev–Trinajstić information content (AvgIpc) is 2.86. The van der Waals surface area contributed by atoms with Crippen LogP contribution < -0.4 is 16.2 Å². The van der Waals surface area contributed by atoms with E-state index in [1.54, 1.807) is 18.4 Å². The molecule has 2 amide bonds. The van der Waals surface area contributed by atoms with Crippen molar-refractivity contribution in [3.8, 4) is 0 Å². The fourth-order valence-corrected chi connectivity index (χ4v) is 2.51. The molecule has 2 rings (SSSR count). The van der Waals surface area contributed by atoms with Crippen LogP contribution in [0.4, 0.5) is 10.6 Å². The number of urea groups is 1. The van der Waals surface area contributed by atoms with E-state index in [1.807, 2.05) is 12.3 Å². The van der Waals surface area contributed by atoms with E-state index in [1.165, 1.54) is 17.0 Å². The molecule has 0 aliphatic rings. The van der Waals surface area contributed by atoms with Gasteiger partial charge in [-0.2, -0.15) is 0 Å². The number of rotatable bonds is 5. The molecule has 8 heteroatoms. The molecule has 0 aromatic carbocycles. The standard InChI is InChI=1S/C13H17N5O2S/c1-9-8-21-10(16-9)4-3-5-15-13(20)17-11-12(19)18(2)7-6-14-11/h6-8H,3-5H2,1-2H3,(H2,14,15,17,20). The van der Waals surface area contributed by atoms with Gasteiger partial charge in [-0.25, -0.2) is 14.8 Å². The Balaban J connectivity index is 1.75. The van der Waals surface area contributed by atoms with Gasteiger partial charge in [0.1, 0.15) is 0 Å². The van der Waals surface area contributed by atoms with Crippen LogP contribution in [-0.2, 0) is 13.5 Å². The number of anilines is 1. The molecule has 0 unspecified atom stereocenters. The van der Waals surface area contributed by atoms with Crippen molar-refractivity contribution < 1.29 is 4.79 Å². The van der Waals surface area contributed by atoms with Gasteiger partial charge < -0.3 is 9.88 Å². The first-order valence-electron chi connectivity index (χ1n) is 6.54. The summed E-state index contributed by atoms with van der Waals surface area (Å²) in [5, 5.41) is 8.21. The van der Waals surface area contributed by atoms with Crippen molar-refractivity contribution in [2.45, 2.75) is 19.8 Å². The number of amides is 2.